The van der Waals surface area contributed by atoms with Crippen molar-refractivity contribution in [3.8, 4) is 11.3 Å². The van der Waals surface area contributed by atoms with Gasteiger partial charge in [0.05, 0.1) is 11.7 Å². The first-order valence-corrected chi connectivity index (χ1v) is 8.73. The fraction of sp³-hybridized carbons (Fsp3) is 0.150. The molecule has 1 atom stereocenters. The molecule has 0 saturated carbocycles. The smallest absolute Gasteiger partial charge is 0.356 e. The Bertz CT molecular complexity index is 923. The van der Waals surface area contributed by atoms with Gasteiger partial charge in [0, 0.05) is 10.6 Å². The van der Waals surface area contributed by atoms with Crippen LogP contribution in [0.2, 0.25) is 5.02 Å². The number of amides is 1. The summed E-state index contributed by atoms with van der Waals surface area (Å²) in [7, 11) is 0. The van der Waals surface area contributed by atoms with Crippen LogP contribution >= 0.6 is 11.6 Å². The molecule has 27 heavy (non-hydrogen) atoms. The number of aromatic amines is 1. The Hall–Kier alpha value is -3.12. The van der Waals surface area contributed by atoms with E-state index in [0.717, 1.165) is 11.1 Å². The molecule has 1 amide bonds. The third-order valence-corrected chi connectivity index (χ3v) is 4.20. The minimum Gasteiger partial charge on any atom is -0.451 e. The van der Waals surface area contributed by atoms with E-state index < -0.39 is 11.9 Å². The molecule has 2 aromatic carbocycles. The van der Waals surface area contributed by atoms with Gasteiger partial charge in [-0.3, -0.25) is 9.89 Å². The van der Waals surface area contributed by atoms with E-state index in [-0.39, 0.29) is 18.3 Å². The van der Waals surface area contributed by atoms with Crippen LogP contribution in [0.5, 0.6) is 0 Å². The maximum atomic E-state index is 12.1. The van der Waals surface area contributed by atoms with Crippen LogP contribution in [0.4, 0.5) is 0 Å². The molecule has 0 saturated heterocycles. The first-order chi connectivity index (χ1) is 13.0. The Labute approximate surface area is 161 Å². The molecule has 0 aliphatic heterocycles. The third-order valence-electron chi connectivity index (χ3n) is 3.95. The fourth-order valence-corrected chi connectivity index (χ4v) is 2.64. The van der Waals surface area contributed by atoms with Gasteiger partial charge in [0.25, 0.3) is 5.91 Å². The zero-order valence-electron chi connectivity index (χ0n) is 14.6. The maximum absolute atomic E-state index is 12.1. The second-order valence-electron chi connectivity index (χ2n) is 5.95. The summed E-state index contributed by atoms with van der Waals surface area (Å²) in [5.74, 6) is -1.03. The molecular formula is C20H18ClN3O3. The lowest BCUT2D eigenvalue weighted by Crippen LogP contribution is -2.31. The van der Waals surface area contributed by atoms with Gasteiger partial charge in [0.2, 0.25) is 0 Å². The molecule has 3 rings (SSSR count). The second kappa shape index (κ2) is 8.51. The van der Waals surface area contributed by atoms with Crippen LogP contribution in [0, 0.1) is 0 Å². The SMILES string of the molecule is C[C@H](NC(=O)COC(=O)c1cc(-c2ccccc2)n[nH]1)c1ccc(Cl)cc1. The highest BCUT2D eigenvalue weighted by molar-refractivity contribution is 6.30. The van der Waals surface area contributed by atoms with Gasteiger partial charge < -0.3 is 10.1 Å². The molecule has 2 N–H and O–H groups in total. The number of benzene rings is 2. The van der Waals surface area contributed by atoms with Crippen molar-refractivity contribution in [2.75, 3.05) is 6.61 Å². The van der Waals surface area contributed by atoms with Gasteiger partial charge in [-0.15, -0.1) is 0 Å². The Morgan fingerprint density at radius 1 is 1.15 bits per heavy atom. The molecule has 3 aromatic rings. The zero-order valence-corrected chi connectivity index (χ0v) is 15.4. The Morgan fingerprint density at radius 3 is 2.56 bits per heavy atom. The summed E-state index contributed by atoms with van der Waals surface area (Å²) in [5, 5.41) is 10.1. The molecule has 0 bridgehead atoms. The van der Waals surface area contributed by atoms with E-state index in [0.29, 0.717) is 10.7 Å². The highest BCUT2D eigenvalue weighted by Gasteiger charge is 2.15. The summed E-state index contributed by atoms with van der Waals surface area (Å²) >= 11 is 5.85. The number of rotatable bonds is 6. The Balaban J connectivity index is 1.52. The molecule has 0 spiro atoms. The monoisotopic (exact) mass is 383 g/mol. The van der Waals surface area contributed by atoms with Crippen molar-refractivity contribution < 1.29 is 14.3 Å². The van der Waals surface area contributed by atoms with Crippen LogP contribution < -0.4 is 5.32 Å². The van der Waals surface area contributed by atoms with Crippen molar-refractivity contribution >= 4 is 23.5 Å². The minimum absolute atomic E-state index is 0.187. The largest absolute Gasteiger partial charge is 0.451 e. The zero-order chi connectivity index (χ0) is 19.2. The minimum atomic E-state index is -0.640. The van der Waals surface area contributed by atoms with E-state index in [4.69, 9.17) is 16.3 Å². The number of nitrogens with zero attached hydrogens (tertiary/aromatic N) is 1. The highest BCUT2D eigenvalue weighted by atomic mass is 35.5. The molecule has 0 aliphatic carbocycles. The fourth-order valence-electron chi connectivity index (χ4n) is 2.51. The molecule has 0 fully saturated rings. The maximum Gasteiger partial charge on any atom is 0.356 e. The average molecular weight is 384 g/mol. The first kappa shape index (κ1) is 18.7. The number of hydrogen-bond donors (Lipinski definition) is 2. The van der Waals surface area contributed by atoms with Gasteiger partial charge in [-0.1, -0.05) is 54.1 Å². The summed E-state index contributed by atoms with van der Waals surface area (Å²) in [5.41, 5.74) is 2.60. The molecule has 6 nitrogen and oxygen atoms in total. The van der Waals surface area contributed by atoms with Crippen molar-refractivity contribution in [2.45, 2.75) is 13.0 Å². The lowest BCUT2D eigenvalue weighted by atomic mass is 10.1. The summed E-state index contributed by atoms with van der Waals surface area (Å²) in [4.78, 5) is 24.1. The van der Waals surface area contributed by atoms with Gasteiger partial charge in [0.1, 0.15) is 5.69 Å². The summed E-state index contributed by atoms with van der Waals surface area (Å²) in [6.45, 7) is 1.46. The number of carbonyl (C=O) groups excluding carboxylic acids is 2. The van der Waals surface area contributed by atoms with Gasteiger partial charge in [-0.2, -0.15) is 5.10 Å². The Morgan fingerprint density at radius 2 is 1.85 bits per heavy atom. The van der Waals surface area contributed by atoms with Crippen LogP contribution in [-0.2, 0) is 9.53 Å². The van der Waals surface area contributed by atoms with E-state index in [1.165, 1.54) is 0 Å². The van der Waals surface area contributed by atoms with E-state index in [2.05, 4.69) is 15.5 Å². The quantitative estimate of drug-likeness (QED) is 0.635. The van der Waals surface area contributed by atoms with Gasteiger partial charge >= 0.3 is 5.97 Å². The lowest BCUT2D eigenvalue weighted by Gasteiger charge is -2.14. The van der Waals surface area contributed by atoms with E-state index in [1.807, 2.05) is 49.4 Å². The van der Waals surface area contributed by atoms with Crippen LogP contribution in [0.1, 0.15) is 29.0 Å². The van der Waals surface area contributed by atoms with Gasteiger partial charge in [-0.05, 0) is 30.7 Å². The predicted octanol–water partition coefficient (Wildman–Crippen LogP) is 3.76. The number of halogens is 1. The van der Waals surface area contributed by atoms with Crippen molar-refractivity contribution in [3.05, 3.63) is 76.9 Å². The molecule has 138 valence electrons. The molecule has 0 radical (unpaired) electrons. The lowest BCUT2D eigenvalue weighted by molar-refractivity contribution is -0.124. The van der Waals surface area contributed by atoms with Crippen molar-refractivity contribution in [1.82, 2.24) is 15.5 Å². The molecule has 0 unspecified atom stereocenters. The normalized spacial score (nSPS) is 11.6. The number of aromatic nitrogens is 2. The second-order valence-corrected chi connectivity index (χ2v) is 6.39. The van der Waals surface area contributed by atoms with Crippen molar-refractivity contribution in [1.29, 1.82) is 0 Å². The summed E-state index contributed by atoms with van der Waals surface area (Å²) < 4.78 is 5.05. The number of H-pyrrole nitrogens is 1. The van der Waals surface area contributed by atoms with Crippen molar-refractivity contribution in [2.24, 2.45) is 0 Å². The first-order valence-electron chi connectivity index (χ1n) is 8.35. The average Bonchev–Trinajstić information content (AvgIpc) is 3.17. The summed E-state index contributed by atoms with van der Waals surface area (Å²) in [6, 6.07) is 18.0. The number of hydrogen-bond acceptors (Lipinski definition) is 4. The number of nitrogens with one attached hydrogen (secondary N) is 2. The van der Waals surface area contributed by atoms with Crippen molar-refractivity contribution in [3.63, 3.8) is 0 Å². The van der Waals surface area contributed by atoms with Gasteiger partial charge in [0.15, 0.2) is 6.61 Å². The summed E-state index contributed by atoms with van der Waals surface area (Å²) in [6.07, 6.45) is 0. The molecular weight excluding hydrogens is 366 g/mol. The molecule has 1 aromatic heterocycles. The molecule has 0 aliphatic rings. The third kappa shape index (κ3) is 4.95. The number of carbonyl (C=O) groups is 2. The van der Waals surface area contributed by atoms with Crippen LogP contribution in [0.25, 0.3) is 11.3 Å². The van der Waals surface area contributed by atoms with Crippen LogP contribution in [0.3, 0.4) is 0 Å². The molecule has 1 heterocycles. The predicted molar refractivity (Wildman–Crippen MR) is 102 cm³/mol. The van der Waals surface area contributed by atoms with E-state index in [9.17, 15) is 9.59 Å². The van der Waals surface area contributed by atoms with Crippen LogP contribution in [0.15, 0.2) is 60.7 Å². The molecule has 7 heteroatoms. The number of ether oxygens (including phenoxy) is 1. The number of esters is 1. The highest BCUT2D eigenvalue weighted by Crippen LogP contribution is 2.18. The van der Waals surface area contributed by atoms with Gasteiger partial charge in [-0.25, -0.2) is 4.79 Å². The topological polar surface area (TPSA) is 84.1 Å². The standard InChI is InChI=1S/C20H18ClN3O3/c1-13(14-7-9-16(21)10-8-14)22-19(25)12-27-20(26)18-11-17(23-24-18)15-5-3-2-4-6-15/h2-11,13H,12H2,1H3,(H,22,25)(H,23,24)/t13-/m0/s1. The van der Waals surface area contributed by atoms with E-state index in [1.54, 1.807) is 18.2 Å². The van der Waals surface area contributed by atoms with E-state index >= 15 is 0 Å². The Kier molecular flexibility index (Phi) is 5.88. The van der Waals surface area contributed by atoms with Crippen LogP contribution in [-0.4, -0.2) is 28.7 Å².